The molecule has 9 atom stereocenters. The van der Waals surface area contributed by atoms with E-state index < -0.39 is 102 Å². The number of esters is 1. The lowest BCUT2D eigenvalue weighted by Gasteiger charge is -2.24. The molecule has 316 valence electrons. The number of hydrogen-bond donors (Lipinski definition) is 7. The Kier molecular flexibility index (Phi) is 13.0. The van der Waals surface area contributed by atoms with Gasteiger partial charge in [-0.3, -0.25) is 37.1 Å². The molecular weight excluding hydrogens is 818 g/mol. The van der Waals surface area contributed by atoms with E-state index in [0.29, 0.717) is 6.42 Å². The van der Waals surface area contributed by atoms with Crippen molar-refractivity contribution in [1.82, 2.24) is 39.3 Å². The van der Waals surface area contributed by atoms with Crippen LogP contribution in [0.25, 0.3) is 11.2 Å². The monoisotopic (exact) mass is 858 g/mol. The van der Waals surface area contributed by atoms with Gasteiger partial charge in [0.25, 0.3) is 0 Å². The van der Waals surface area contributed by atoms with Gasteiger partial charge in [0.2, 0.25) is 11.8 Å². The summed E-state index contributed by atoms with van der Waals surface area (Å²) < 4.78 is 59.5. The van der Waals surface area contributed by atoms with Gasteiger partial charge < -0.3 is 55.7 Å². The maximum atomic E-state index is 13.4. The molecule has 6 heterocycles. The van der Waals surface area contributed by atoms with E-state index in [1.807, 2.05) is 0 Å². The summed E-state index contributed by atoms with van der Waals surface area (Å²) in [6.07, 6.45) is -4.84. The average molecular weight is 859 g/mol. The van der Waals surface area contributed by atoms with E-state index in [1.54, 1.807) is 6.08 Å². The van der Waals surface area contributed by atoms with Gasteiger partial charge >= 0.3 is 27.3 Å². The highest BCUT2D eigenvalue weighted by Crippen LogP contribution is 2.50. The number of nitrogen functional groups attached to an aromatic ring is 2. The Bertz CT molecular complexity index is 2180. The topological polar surface area (TPSA) is 367 Å². The number of nitrogens with two attached hydrogens (primary N) is 2. The van der Waals surface area contributed by atoms with Crippen LogP contribution in [0.2, 0.25) is 0 Å². The number of nitrogens with one attached hydrogen (secondary N) is 1. The highest BCUT2D eigenvalue weighted by molar-refractivity contribution is 7.47. The number of carbonyl (C=O) groups excluding carboxylic acids is 3. The molecule has 3 aliphatic rings. The van der Waals surface area contributed by atoms with Crippen LogP contribution >= 0.6 is 15.6 Å². The highest BCUT2D eigenvalue weighted by Gasteiger charge is 2.50. The number of rotatable bonds is 17. The van der Waals surface area contributed by atoms with Crippen LogP contribution in [0, 0.1) is 0 Å². The second-order valence-electron chi connectivity index (χ2n) is 13.2. The smallest absolute Gasteiger partial charge is 0.455 e. The second kappa shape index (κ2) is 17.6. The molecule has 3 aliphatic heterocycles. The third-order valence-corrected chi connectivity index (χ3v) is 10.7. The van der Waals surface area contributed by atoms with E-state index in [1.165, 1.54) is 23.2 Å². The molecule has 0 saturated carbocycles. The van der Waals surface area contributed by atoms with Crippen LogP contribution in [0.1, 0.15) is 38.1 Å². The van der Waals surface area contributed by atoms with Gasteiger partial charge in [0.05, 0.1) is 19.5 Å². The standard InChI is InChI=1S/C30H40N10O16P2/c1-2-3-4-20(41)36-15-5-7-38(28(15)44)10-22(42)55-25-18(54-29(24(25)43)40-14-35-23-26(32)33-13-34-27(23)40)12-52-58(49,50)56-16-9-21(39-8-6-19(31)37-30(39)45)53-17(16)11-51-57(46,47)48/h2,6,8,13-18,21,24-25,29,43H,1,3-5,7,9-12H2,(H,36,41)(H,49,50)(H2,31,37,45)(H2,32,33,34)(H2,46,47,48)/t15-,16?,17+,18+,21+,24-,25?,29+/m0/s1. The van der Waals surface area contributed by atoms with Crippen molar-refractivity contribution in [3.05, 3.63) is 48.1 Å². The predicted molar refractivity (Wildman–Crippen MR) is 192 cm³/mol. The van der Waals surface area contributed by atoms with Crippen LogP contribution in [-0.2, 0) is 51.3 Å². The molecule has 26 nitrogen and oxygen atoms in total. The fraction of sp³-hybridized carbons (Fsp3) is 0.533. The van der Waals surface area contributed by atoms with E-state index >= 15 is 0 Å². The number of nitrogens with zero attached hydrogens (tertiary/aromatic N) is 7. The molecule has 0 aliphatic carbocycles. The summed E-state index contributed by atoms with van der Waals surface area (Å²) in [7, 11) is -10.3. The fourth-order valence-electron chi connectivity index (χ4n) is 6.48. The summed E-state index contributed by atoms with van der Waals surface area (Å²) in [4.78, 5) is 97.1. The zero-order chi connectivity index (χ0) is 41.9. The van der Waals surface area contributed by atoms with Crippen molar-refractivity contribution < 1.29 is 71.1 Å². The molecular formula is C30H40N10O16P2. The number of carbonyl (C=O) groups is 3. The van der Waals surface area contributed by atoms with Gasteiger partial charge in [0.1, 0.15) is 60.9 Å². The van der Waals surface area contributed by atoms with Crippen molar-refractivity contribution in [1.29, 1.82) is 0 Å². The van der Waals surface area contributed by atoms with E-state index in [-0.39, 0.29) is 54.5 Å². The average Bonchev–Trinajstić information content (AvgIpc) is 3.91. The van der Waals surface area contributed by atoms with Gasteiger partial charge in [0.15, 0.2) is 23.8 Å². The Balaban J connectivity index is 1.16. The van der Waals surface area contributed by atoms with Crippen LogP contribution < -0.4 is 22.5 Å². The van der Waals surface area contributed by atoms with E-state index in [4.69, 9.17) is 34.7 Å². The van der Waals surface area contributed by atoms with Crippen LogP contribution in [0.5, 0.6) is 0 Å². The molecule has 3 saturated heterocycles. The predicted octanol–water partition coefficient (Wildman–Crippen LogP) is -2.00. The Morgan fingerprint density at radius 1 is 1.07 bits per heavy atom. The summed E-state index contributed by atoms with van der Waals surface area (Å²) in [5.74, 6) is -2.02. The first kappa shape index (κ1) is 42.9. The number of amides is 2. The van der Waals surface area contributed by atoms with Crippen molar-refractivity contribution in [2.45, 2.75) is 74.7 Å². The zero-order valence-corrected chi connectivity index (χ0v) is 32.0. The molecule has 3 unspecified atom stereocenters. The number of imidazole rings is 1. The summed E-state index contributed by atoms with van der Waals surface area (Å²) in [5.41, 5.74) is 10.8. The minimum atomic E-state index is -5.20. The van der Waals surface area contributed by atoms with E-state index in [2.05, 4.69) is 36.4 Å². The maximum Gasteiger partial charge on any atom is 0.472 e. The largest absolute Gasteiger partial charge is 0.472 e. The highest BCUT2D eigenvalue weighted by atomic mass is 31.2. The van der Waals surface area contributed by atoms with Crippen LogP contribution in [0.15, 0.2) is 42.4 Å². The molecule has 6 rings (SSSR count). The minimum Gasteiger partial charge on any atom is -0.455 e. The molecule has 0 aromatic carbocycles. The zero-order valence-electron chi connectivity index (χ0n) is 30.2. The quantitative estimate of drug-likeness (QED) is 0.0438. The first-order valence-electron chi connectivity index (χ1n) is 17.4. The molecule has 3 aromatic heterocycles. The number of likely N-dealkylation sites (tertiary alicyclic amines) is 1. The third-order valence-electron chi connectivity index (χ3n) is 9.19. The Labute approximate surface area is 326 Å². The van der Waals surface area contributed by atoms with E-state index in [9.17, 15) is 48.1 Å². The summed E-state index contributed by atoms with van der Waals surface area (Å²) >= 11 is 0. The van der Waals surface area contributed by atoms with Crippen molar-refractivity contribution in [3.63, 3.8) is 0 Å². The molecule has 3 fully saturated rings. The number of anilines is 2. The van der Waals surface area contributed by atoms with Gasteiger partial charge in [-0.15, -0.1) is 6.58 Å². The number of phosphoric ester groups is 2. The lowest BCUT2D eigenvalue weighted by Crippen LogP contribution is -2.44. The maximum absolute atomic E-state index is 13.4. The molecule has 0 radical (unpaired) electrons. The van der Waals surface area contributed by atoms with Crippen molar-refractivity contribution >= 4 is 56.2 Å². The number of aromatic nitrogens is 6. The normalized spacial score (nSPS) is 27.2. The van der Waals surface area contributed by atoms with Crippen LogP contribution in [-0.4, -0.2) is 134 Å². The summed E-state index contributed by atoms with van der Waals surface area (Å²) in [6, 6.07) is 0.402. The molecule has 28 heteroatoms. The number of aliphatic hydroxyl groups excluding tert-OH is 1. The first-order valence-corrected chi connectivity index (χ1v) is 20.5. The van der Waals surface area contributed by atoms with Crippen molar-refractivity contribution in [2.75, 3.05) is 37.8 Å². The van der Waals surface area contributed by atoms with Gasteiger partial charge in [-0.25, -0.2) is 28.9 Å². The lowest BCUT2D eigenvalue weighted by atomic mass is 10.1. The second-order valence-corrected chi connectivity index (χ2v) is 15.8. The number of phosphoric acid groups is 2. The Hall–Kier alpha value is -4.72. The Morgan fingerprint density at radius 2 is 1.83 bits per heavy atom. The number of hydrogen-bond acceptors (Lipinski definition) is 19. The minimum absolute atomic E-state index is 0.00288. The van der Waals surface area contributed by atoms with Gasteiger partial charge in [0, 0.05) is 25.6 Å². The Morgan fingerprint density at radius 3 is 2.55 bits per heavy atom. The molecule has 0 spiro atoms. The number of ether oxygens (including phenoxy) is 3. The van der Waals surface area contributed by atoms with Crippen LogP contribution in [0.3, 0.4) is 0 Å². The van der Waals surface area contributed by atoms with Gasteiger partial charge in [-0.2, -0.15) is 4.98 Å². The SMILES string of the molecule is C=CCCC(=O)N[C@H]1CCN(CC(=O)OC2[C@@H](COP(=O)(O)OC3C[C@H](n4ccc(N)nc4=O)O[C@@H]3COP(=O)(O)O)O[C@@H](n3cnc4c(N)ncnc43)[C@H]2O)C1=O. The van der Waals surface area contributed by atoms with Crippen molar-refractivity contribution in [2.24, 2.45) is 0 Å². The lowest BCUT2D eigenvalue weighted by molar-refractivity contribution is -0.159. The molecule has 2 amide bonds. The number of allylic oxidation sites excluding steroid dienone is 1. The van der Waals surface area contributed by atoms with Crippen LogP contribution in [0.4, 0.5) is 11.6 Å². The number of fused-ring (bicyclic) bond motifs is 1. The summed E-state index contributed by atoms with van der Waals surface area (Å²) in [6.45, 7) is 1.33. The summed E-state index contributed by atoms with van der Waals surface area (Å²) in [5, 5.41) is 14.1. The third kappa shape index (κ3) is 10.1. The van der Waals surface area contributed by atoms with Gasteiger partial charge in [-0.05, 0) is 18.9 Å². The first-order chi connectivity index (χ1) is 27.4. The van der Waals surface area contributed by atoms with Crippen molar-refractivity contribution in [3.8, 4) is 0 Å². The molecule has 58 heavy (non-hydrogen) atoms. The fourth-order valence-corrected chi connectivity index (χ4v) is 7.78. The number of aliphatic hydroxyl groups is 1. The van der Waals surface area contributed by atoms with E-state index in [0.717, 1.165) is 15.8 Å². The molecule has 9 N–H and O–H groups in total. The molecule has 0 bridgehead atoms. The van der Waals surface area contributed by atoms with Gasteiger partial charge in [-0.1, -0.05) is 6.08 Å². The molecule has 3 aromatic rings.